The molecule has 8 rings (SSSR count). The van der Waals surface area contributed by atoms with Gasteiger partial charge < -0.3 is 0 Å². The summed E-state index contributed by atoms with van der Waals surface area (Å²) in [6, 6.07) is 44.3. The van der Waals surface area contributed by atoms with Crippen molar-refractivity contribution in [2.24, 2.45) is 0 Å². The molecule has 0 spiro atoms. The van der Waals surface area contributed by atoms with Gasteiger partial charge in [-0.05, 0) is 0 Å². The molecule has 1 saturated heterocycles. The Hall–Kier alpha value is -3.33. The van der Waals surface area contributed by atoms with Gasteiger partial charge in [0.25, 0.3) is 0 Å². The molecule has 0 nitrogen and oxygen atoms in total. The quantitative estimate of drug-likeness (QED) is 0.156. The minimum absolute atomic E-state index is 0.595. The van der Waals surface area contributed by atoms with Crippen molar-refractivity contribution in [3.05, 3.63) is 159 Å². The van der Waals surface area contributed by atoms with Crippen molar-refractivity contribution < 1.29 is 20.0 Å². The molecule has 5 aromatic carbocycles. The molecule has 2 unspecified atom stereocenters. The fraction of sp³-hybridized carbons (Fsp3) is 0.209. The number of benzene rings is 5. The van der Waals surface area contributed by atoms with Gasteiger partial charge in [-0.2, -0.15) is 0 Å². The summed E-state index contributed by atoms with van der Waals surface area (Å²) in [4.78, 5) is 0. The van der Waals surface area contributed by atoms with Crippen LogP contribution in [0.3, 0.4) is 0 Å². The SMILES string of the molecule is CCc1ccccc1-c1cccc2c1C=C1[CH]2[Hf]([CH3])([CH3])[CH]2C(=Cc3c(-c4ccccc4CC)cccc32)[Si]1(C)c1ccccc1. The van der Waals surface area contributed by atoms with E-state index in [1.807, 2.05) is 0 Å². The van der Waals surface area contributed by atoms with Gasteiger partial charge in [0.2, 0.25) is 0 Å². The standard InChI is InChI=1S/C41H36Si.2CH3.Hf/c1-4-29-15-9-11-21-36(29)38-23-13-17-31-25-34(27-40(31)38)42(3,33-19-7-6-8-20-33)35-26-32-18-14-24-39(41(32)28-35)37-22-12-10-16-30(37)5-2;;;/h6-28H,4-5H2,1-3H3;2*1H3;. The molecular formula is C43H42HfSi. The van der Waals surface area contributed by atoms with Crippen LogP contribution in [0.15, 0.2) is 126 Å². The van der Waals surface area contributed by atoms with Gasteiger partial charge in [0.05, 0.1) is 0 Å². The Bertz CT molecular complexity index is 1910. The normalized spacial score (nSPS) is 22.2. The van der Waals surface area contributed by atoms with E-state index in [0.29, 0.717) is 7.35 Å². The number of hydrogen-bond donors (Lipinski definition) is 0. The zero-order chi connectivity index (χ0) is 30.9. The van der Waals surface area contributed by atoms with Crippen LogP contribution in [0.2, 0.25) is 15.9 Å². The molecule has 1 heterocycles. The van der Waals surface area contributed by atoms with Crippen LogP contribution in [0.4, 0.5) is 0 Å². The number of rotatable bonds is 5. The summed E-state index contributed by atoms with van der Waals surface area (Å²) in [5.41, 5.74) is 14.8. The molecule has 0 radical (unpaired) electrons. The first kappa shape index (κ1) is 29.1. The monoisotopic (exact) mass is 766 g/mol. The van der Waals surface area contributed by atoms with Crippen LogP contribution in [0.1, 0.15) is 54.6 Å². The van der Waals surface area contributed by atoms with E-state index in [2.05, 4.69) is 157 Å². The van der Waals surface area contributed by atoms with Crippen LogP contribution in [0, 0.1) is 0 Å². The number of fused-ring (bicyclic) bond motifs is 6. The van der Waals surface area contributed by atoms with E-state index in [1.165, 1.54) is 44.5 Å². The van der Waals surface area contributed by atoms with E-state index >= 15 is 0 Å². The number of hydrogen-bond acceptors (Lipinski definition) is 0. The van der Waals surface area contributed by atoms with Crippen molar-refractivity contribution in [2.75, 3.05) is 0 Å². The van der Waals surface area contributed by atoms with Gasteiger partial charge >= 0.3 is 277 Å². The van der Waals surface area contributed by atoms with Gasteiger partial charge in [-0.3, -0.25) is 0 Å². The summed E-state index contributed by atoms with van der Waals surface area (Å²) in [6.07, 6.45) is 7.54. The van der Waals surface area contributed by atoms with E-state index in [4.69, 9.17) is 0 Å². The third-order valence-electron chi connectivity index (χ3n) is 11.5. The molecule has 1 fully saturated rings. The van der Waals surface area contributed by atoms with Crippen LogP contribution < -0.4 is 5.19 Å². The average molecular weight is 765 g/mol. The maximum atomic E-state index is 2.78. The van der Waals surface area contributed by atoms with E-state index in [1.54, 1.807) is 26.7 Å². The molecule has 222 valence electrons. The summed E-state index contributed by atoms with van der Waals surface area (Å²) < 4.78 is 6.76. The van der Waals surface area contributed by atoms with Gasteiger partial charge in [-0.15, -0.1) is 0 Å². The van der Waals surface area contributed by atoms with Gasteiger partial charge in [0.15, 0.2) is 0 Å². The predicted octanol–water partition coefficient (Wildman–Crippen LogP) is 11.0. The van der Waals surface area contributed by atoms with E-state index < -0.39 is 28.0 Å². The summed E-state index contributed by atoms with van der Waals surface area (Å²) in [6.45, 7) is 7.27. The number of allylic oxidation sites excluding steroid dienone is 2. The van der Waals surface area contributed by atoms with Crippen molar-refractivity contribution in [1.82, 2.24) is 0 Å². The van der Waals surface area contributed by atoms with Crippen molar-refractivity contribution in [1.29, 1.82) is 0 Å². The van der Waals surface area contributed by atoms with E-state index in [0.717, 1.165) is 12.8 Å². The van der Waals surface area contributed by atoms with Crippen LogP contribution in [0.25, 0.3) is 34.4 Å². The van der Waals surface area contributed by atoms with Crippen molar-refractivity contribution >= 4 is 25.4 Å². The molecule has 2 aliphatic carbocycles. The molecule has 45 heavy (non-hydrogen) atoms. The Morgan fingerprint density at radius 1 is 0.511 bits per heavy atom. The molecule has 2 heteroatoms. The molecule has 0 bridgehead atoms. The third kappa shape index (κ3) is 4.18. The molecular weight excluding hydrogens is 723 g/mol. The fourth-order valence-corrected chi connectivity index (χ4v) is 41.0. The number of aryl methyl sites for hydroxylation is 2. The predicted molar refractivity (Wildman–Crippen MR) is 193 cm³/mol. The first-order valence-electron chi connectivity index (χ1n) is 16.8. The zero-order valence-electron chi connectivity index (χ0n) is 27.2. The van der Waals surface area contributed by atoms with Crippen LogP contribution >= 0.6 is 0 Å². The Morgan fingerprint density at radius 2 is 0.933 bits per heavy atom. The fourth-order valence-electron chi connectivity index (χ4n) is 9.36. The van der Waals surface area contributed by atoms with E-state index in [-0.39, 0.29) is 0 Å². The second kappa shape index (κ2) is 10.9. The topological polar surface area (TPSA) is 0 Å². The Kier molecular flexibility index (Phi) is 7.04. The van der Waals surface area contributed by atoms with Crippen LogP contribution in [0.5, 0.6) is 0 Å². The summed E-state index contributed by atoms with van der Waals surface area (Å²) in [7, 11) is -2.27. The Morgan fingerprint density at radius 3 is 1.40 bits per heavy atom. The molecule has 0 saturated carbocycles. The maximum absolute atomic E-state index is 3.16. The summed E-state index contributed by atoms with van der Waals surface area (Å²) >= 11 is -3.16. The van der Waals surface area contributed by atoms with Gasteiger partial charge in [0, 0.05) is 0 Å². The zero-order valence-corrected chi connectivity index (χ0v) is 31.8. The molecule has 0 aromatic heterocycles. The first-order valence-corrected chi connectivity index (χ1v) is 30.6. The van der Waals surface area contributed by atoms with Crippen molar-refractivity contribution in [3.8, 4) is 22.3 Å². The molecule has 5 aromatic rings. The molecule has 0 N–H and O–H groups in total. The molecule has 2 atom stereocenters. The van der Waals surface area contributed by atoms with Gasteiger partial charge in [-0.25, -0.2) is 0 Å². The second-order valence-corrected chi connectivity index (χ2v) is 35.2. The van der Waals surface area contributed by atoms with Gasteiger partial charge in [-0.1, -0.05) is 0 Å². The average Bonchev–Trinajstić information content (AvgIpc) is 3.69. The summed E-state index contributed by atoms with van der Waals surface area (Å²) in [5, 5.41) is 5.12. The van der Waals surface area contributed by atoms with Crippen molar-refractivity contribution in [3.63, 3.8) is 0 Å². The Labute approximate surface area is 274 Å². The Balaban J connectivity index is 1.41. The van der Waals surface area contributed by atoms with Crippen LogP contribution in [-0.2, 0) is 32.8 Å². The molecule has 1 aliphatic heterocycles. The second-order valence-electron chi connectivity index (χ2n) is 14.0. The minimum atomic E-state index is -3.16. The summed E-state index contributed by atoms with van der Waals surface area (Å²) in [5.74, 6) is 0. The first-order chi connectivity index (χ1) is 21.9. The molecule has 3 aliphatic rings. The third-order valence-corrected chi connectivity index (χ3v) is 33.4. The van der Waals surface area contributed by atoms with Crippen molar-refractivity contribution in [2.45, 2.75) is 49.9 Å². The molecule has 0 amide bonds. The van der Waals surface area contributed by atoms with E-state index in [9.17, 15) is 0 Å². The van der Waals surface area contributed by atoms with Crippen LogP contribution in [-0.4, -0.2) is 8.07 Å². The van der Waals surface area contributed by atoms with Gasteiger partial charge in [0.1, 0.15) is 0 Å².